The van der Waals surface area contributed by atoms with Gasteiger partial charge in [-0.15, -0.1) is 0 Å². The van der Waals surface area contributed by atoms with Crippen molar-refractivity contribution in [3.05, 3.63) is 0 Å². The van der Waals surface area contributed by atoms with Gasteiger partial charge in [-0.25, -0.2) is 0 Å². The predicted molar refractivity (Wildman–Crippen MR) is 73.4 cm³/mol. The number of rotatable bonds is 5. The summed E-state index contributed by atoms with van der Waals surface area (Å²) in [4.78, 5) is 0. The smallest absolute Gasteiger partial charge is 0.186 e. The van der Waals surface area contributed by atoms with E-state index in [1.54, 1.807) is 0 Å². The highest BCUT2D eigenvalue weighted by atomic mass is 16.7. The maximum absolute atomic E-state index is 10.1. The molecule has 2 fully saturated rings. The molecule has 0 aromatic carbocycles. The summed E-state index contributed by atoms with van der Waals surface area (Å²) in [5.41, 5.74) is 0. The maximum Gasteiger partial charge on any atom is 0.186 e. The van der Waals surface area contributed by atoms with Gasteiger partial charge in [0.05, 0.1) is 13.2 Å². The third kappa shape index (κ3) is 3.86. The molecule has 10 atom stereocenters. The number of aliphatic hydroxyl groups excluding tert-OH is 7. The van der Waals surface area contributed by atoms with Gasteiger partial charge in [0.1, 0.15) is 48.8 Å². The molecule has 0 radical (unpaired) electrons. The predicted octanol–water partition coefficient (Wildman–Crippen LogP) is -4.74. The Hall–Kier alpha value is -0.440. The van der Waals surface area contributed by atoms with Crippen molar-refractivity contribution in [3.8, 4) is 0 Å². The second-order valence-corrected chi connectivity index (χ2v) is 5.78. The van der Waals surface area contributed by atoms with Crippen LogP contribution in [0.2, 0.25) is 0 Å². The van der Waals surface area contributed by atoms with E-state index < -0.39 is 74.6 Å². The molecule has 0 aliphatic carbocycles. The molecule has 0 spiro atoms. The van der Waals surface area contributed by atoms with Crippen LogP contribution in [0.15, 0.2) is 0 Å². The van der Waals surface area contributed by atoms with Crippen molar-refractivity contribution in [2.45, 2.75) is 61.4 Å². The van der Waals surface area contributed by atoms with Gasteiger partial charge in [0.2, 0.25) is 0 Å². The second-order valence-electron chi connectivity index (χ2n) is 5.78. The lowest BCUT2D eigenvalue weighted by molar-refractivity contribution is -0.327. The summed E-state index contributed by atoms with van der Waals surface area (Å²) in [5.74, 6) is 0. The van der Waals surface area contributed by atoms with Crippen LogP contribution in [0.4, 0.5) is 0 Å². The molecule has 0 aromatic rings. The highest BCUT2D eigenvalue weighted by Gasteiger charge is 2.47. The first-order valence-electron chi connectivity index (χ1n) is 7.46. The Morgan fingerprint density at radius 3 is 2.04 bits per heavy atom. The number of hydrogen-bond donors (Lipinski definition) is 7. The van der Waals surface area contributed by atoms with Crippen molar-refractivity contribution in [1.29, 1.82) is 0 Å². The minimum atomic E-state index is -1.71. The second kappa shape index (κ2) is 8.29. The molecule has 0 saturated carbocycles. The van der Waals surface area contributed by atoms with E-state index in [1.807, 2.05) is 0 Å². The molecule has 2 aliphatic heterocycles. The molecule has 2 heterocycles. The van der Waals surface area contributed by atoms with Gasteiger partial charge in [0, 0.05) is 7.11 Å². The zero-order valence-corrected chi connectivity index (χ0v) is 13.0. The van der Waals surface area contributed by atoms with Crippen LogP contribution in [0, 0.1) is 0 Å². The van der Waals surface area contributed by atoms with Crippen molar-refractivity contribution in [1.82, 2.24) is 0 Å². The zero-order chi connectivity index (χ0) is 18.0. The van der Waals surface area contributed by atoms with Gasteiger partial charge < -0.3 is 54.7 Å². The summed E-state index contributed by atoms with van der Waals surface area (Å²) in [6, 6.07) is 0. The number of aliphatic hydroxyl groups is 7. The van der Waals surface area contributed by atoms with Gasteiger partial charge in [-0.05, 0) is 0 Å². The maximum atomic E-state index is 10.1. The average Bonchev–Trinajstić information content (AvgIpc) is 2.57. The van der Waals surface area contributed by atoms with Gasteiger partial charge >= 0.3 is 0 Å². The Bertz CT molecular complexity index is 396. The fraction of sp³-hybridized carbons (Fsp3) is 1.00. The van der Waals surface area contributed by atoms with Crippen molar-refractivity contribution < 1.29 is 54.7 Å². The number of hydrogen-bond acceptors (Lipinski definition) is 11. The fourth-order valence-electron chi connectivity index (χ4n) is 2.73. The normalized spacial score (nSPS) is 50.0. The topological polar surface area (TPSA) is 179 Å². The molecule has 142 valence electrons. The summed E-state index contributed by atoms with van der Waals surface area (Å²) in [5, 5.41) is 67.5. The molecule has 11 heteroatoms. The van der Waals surface area contributed by atoms with E-state index in [0.717, 1.165) is 0 Å². The van der Waals surface area contributed by atoms with Crippen LogP contribution < -0.4 is 0 Å². The SMILES string of the molecule is CO[C@H]1[C@@H](O)[C@@H](CO)O[C@@H](OC[C@H]2OC(O)[C@H](O)[C@@H](O)[C@H]2O)[C@@H]1O. The van der Waals surface area contributed by atoms with Gasteiger partial charge in [0.15, 0.2) is 12.6 Å². The van der Waals surface area contributed by atoms with Crippen LogP contribution in [-0.4, -0.2) is 117 Å². The van der Waals surface area contributed by atoms with E-state index >= 15 is 0 Å². The largest absolute Gasteiger partial charge is 0.394 e. The Kier molecular flexibility index (Phi) is 6.87. The summed E-state index contributed by atoms with van der Waals surface area (Å²) in [6.07, 6.45) is -13.9. The van der Waals surface area contributed by atoms with Crippen LogP contribution in [-0.2, 0) is 18.9 Å². The summed E-state index contributed by atoms with van der Waals surface area (Å²) >= 11 is 0. The van der Waals surface area contributed by atoms with E-state index in [0.29, 0.717) is 0 Å². The molecule has 2 saturated heterocycles. The van der Waals surface area contributed by atoms with E-state index in [9.17, 15) is 35.7 Å². The van der Waals surface area contributed by atoms with E-state index in [1.165, 1.54) is 7.11 Å². The Balaban J connectivity index is 1.97. The summed E-state index contributed by atoms with van der Waals surface area (Å²) in [7, 11) is 1.26. The van der Waals surface area contributed by atoms with Crippen molar-refractivity contribution >= 4 is 0 Å². The van der Waals surface area contributed by atoms with Crippen LogP contribution in [0.5, 0.6) is 0 Å². The van der Waals surface area contributed by atoms with Crippen molar-refractivity contribution in [3.63, 3.8) is 0 Å². The molecule has 1 unspecified atom stereocenters. The molecule has 2 aliphatic rings. The minimum absolute atomic E-state index is 0.408. The highest BCUT2D eigenvalue weighted by molar-refractivity contribution is 4.91. The third-order valence-corrected chi connectivity index (χ3v) is 4.21. The van der Waals surface area contributed by atoms with Crippen LogP contribution in [0.25, 0.3) is 0 Å². The minimum Gasteiger partial charge on any atom is -0.394 e. The average molecular weight is 356 g/mol. The fourth-order valence-corrected chi connectivity index (χ4v) is 2.73. The molecule has 0 aromatic heterocycles. The van der Waals surface area contributed by atoms with Gasteiger partial charge in [0.25, 0.3) is 0 Å². The third-order valence-electron chi connectivity index (χ3n) is 4.21. The molecule has 2 rings (SSSR count). The standard InChI is InChI=1S/C13H24O11/c1-21-11-7(16)4(2-14)24-13(10(11)19)22-3-5-6(15)8(17)9(18)12(20)23-5/h4-20H,2-3H2,1H3/t4-,5-,6+,7+,8+,9-,10-,11+,12?,13-/m1/s1. The number of methoxy groups -OCH3 is 1. The van der Waals surface area contributed by atoms with Gasteiger partial charge in [-0.3, -0.25) is 0 Å². The molecule has 7 N–H and O–H groups in total. The highest BCUT2D eigenvalue weighted by Crippen LogP contribution is 2.26. The van der Waals surface area contributed by atoms with Crippen molar-refractivity contribution in [2.75, 3.05) is 20.3 Å². The van der Waals surface area contributed by atoms with Crippen LogP contribution in [0.1, 0.15) is 0 Å². The summed E-state index contributed by atoms with van der Waals surface area (Å²) < 4.78 is 20.4. The van der Waals surface area contributed by atoms with Crippen LogP contribution >= 0.6 is 0 Å². The van der Waals surface area contributed by atoms with Gasteiger partial charge in [-0.2, -0.15) is 0 Å². The first-order valence-corrected chi connectivity index (χ1v) is 7.46. The first kappa shape index (κ1) is 19.9. The molecule has 0 amide bonds. The molecular formula is C13H24O11. The molecule has 24 heavy (non-hydrogen) atoms. The Morgan fingerprint density at radius 2 is 1.46 bits per heavy atom. The van der Waals surface area contributed by atoms with Crippen LogP contribution in [0.3, 0.4) is 0 Å². The molecule has 11 nitrogen and oxygen atoms in total. The van der Waals surface area contributed by atoms with Gasteiger partial charge in [-0.1, -0.05) is 0 Å². The number of ether oxygens (including phenoxy) is 4. The Labute approximate surface area is 137 Å². The summed E-state index contributed by atoms with van der Waals surface area (Å²) in [6.45, 7) is -0.950. The molecular weight excluding hydrogens is 332 g/mol. The lowest BCUT2D eigenvalue weighted by Crippen LogP contribution is -2.61. The van der Waals surface area contributed by atoms with E-state index in [2.05, 4.69) is 0 Å². The lowest BCUT2D eigenvalue weighted by Gasteiger charge is -2.42. The monoisotopic (exact) mass is 356 g/mol. The molecule has 0 bridgehead atoms. The lowest BCUT2D eigenvalue weighted by atomic mass is 9.98. The quantitative estimate of drug-likeness (QED) is 0.251. The van der Waals surface area contributed by atoms with E-state index in [4.69, 9.17) is 18.9 Å². The first-order chi connectivity index (χ1) is 11.3. The Morgan fingerprint density at radius 1 is 0.792 bits per heavy atom. The van der Waals surface area contributed by atoms with Crippen molar-refractivity contribution in [2.24, 2.45) is 0 Å². The van der Waals surface area contributed by atoms with E-state index in [-0.39, 0.29) is 0 Å². The zero-order valence-electron chi connectivity index (χ0n) is 13.0.